The summed E-state index contributed by atoms with van der Waals surface area (Å²) in [5.41, 5.74) is 10.9. The monoisotopic (exact) mass is 499 g/mol. The number of aryl methyl sites for hydroxylation is 1. The van der Waals surface area contributed by atoms with Crippen LogP contribution in [0.3, 0.4) is 0 Å². The summed E-state index contributed by atoms with van der Waals surface area (Å²) in [5, 5.41) is 1.06. The quantitative estimate of drug-likeness (QED) is 0.274. The molecule has 0 saturated carbocycles. The number of amides is 1. The number of ether oxygens (including phenoxy) is 1. The molecule has 9 heteroatoms. The van der Waals surface area contributed by atoms with Crippen molar-refractivity contribution in [3.63, 3.8) is 0 Å². The second-order valence-electron chi connectivity index (χ2n) is 9.10. The number of nitrogens with two attached hydrogens (primary N) is 1. The molecule has 0 saturated heterocycles. The van der Waals surface area contributed by atoms with Gasteiger partial charge in [0, 0.05) is 62.1 Å². The van der Waals surface area contributed by atoms with E-state index in [1.807, 2.05) is 69.3 Å². The van der Waals surface area contributed by atoms with Crippen molar-refractivity contribution in [2.24, 2.45) is 7.05 Å². The molecule has 1 amide bonds. The first-order valence-electron chi connectivity index (χ1n) is 11.9. The number of nitrogen functional groups attached to an aromatic ring is 1. The molecular formula is C28H33N7O2. The molecule has 9 nitrogen and oxygen atoms in total. The normalized spacial score (nSPS) is 11.1. The Hall–Kier alpha value is -4.37. The van der Waals surface area contributed by atoms with Crippen molar-refractivity contribution in [1.82, 2.24) is 19.4 Å². The van der Waals surface area contributed by atoms with Crippen LogP contribution in [0.4, 0.5) is 23.0 Å². The molecule has 0 bridgehead atoms. The molecule has 2 aromatic carbocycles. The minimum Gasteiger partial charge on any atom is -0.494 e. The van der Waals surface area contributed by atoms with Crippen LogP contribution in [0.5, 0.6) is 5.75 Å². The highest BCUT2D eigenvalue weighted by Crippen LogP contribution is 2.40. The molecule has 4 rings (SSSR count). The number of para-hydroxylation sites is 1. The molecule has 2 N–H and O–H groups in total. The van der Waals surface area contributed by atoms with Crippen molar-refractivity contribution in [2.45, 2.75) is 0 Å². The Morgan fingerprint density at radius 2 is 1.89 bits per heavy atom. The van der Waals surface area contributed by atoms with Gasteiger partial charge in [-0.2, -0.15) is 0 Å². The maximum absolute atomic E-state index is 13.2. The van der Waals surface area contributed by atoms with Gasteiger partial charge in [0.2, 0.25) is 5.95 Å². The van der Waals surface area contributed by atoms with Gasteiger partial charge in [0.15, 0.2) is 0 Å². The van der Waals surface area contributed by atoms with Crippen LogP contribution in [0, 0.1) is 0 Å². The molecule has 0 fully saturated rings. The third-order valence-corrected chi connectivity index (χ3v) is 6.27. The summed E-state index contributed by atoms with van der Waals surface area (Å²) in [6.07, 6.45) is 4.89. The Labute approximate surface area is 217 Å². The Kier molecular flexibility index (Phi) is 7.45. The third-order valence-electron chi connectivity index (χ3n) is 6.27. The van der Waals surface area contributed by atoms with Crippen LogP contribution < -0.4 is 20.3 Å². The van der Waals surface area contributed by atoms with Crippen LogP contribution in [-0.2, 0) is 11.8 Å². The number of nitrogens with zero attached hydrogens (tertiary/aromatic N) is 6. The van der Waals surface area contributed by atoms with Gasteiger partial charge in [-0.05, 0) is 38.4 Å². The van der Waals surface area contributed by atoms with Gasteiger partial charge in [-0.25, -0.2) is 14.9 Å². The molecular weight excluding hydrogens is 466 g/mol. The van der Waals surface area contributed by atoms with E-state index in [2.05, 4.69) is 27.4 Å². The lowest BCUT2D eigenvalue weighted by Crippen LogP contribution is -2.29. The molecule has 192 valence electrons. The third kappa shape index (κ3) is 5.12. The van der Waals surface area contributed by atoms with Crippen molar-refractivity contribution in [3.8, 4) is 17.0 Å². The van der Waals surface area contributed by atoms with E-state index < -0.39 is 5.91 Å². The number of anilines is 4. The summed E-state index contributed by atoms with van der Waals surface area (Å²) in [6, 6.07) is 13.5. The first-order chi connectivity index (χ1) is 17.7. The number of fused-ring (bicyclic) bond motifs is 1. The number of likely N-dealkylation sites (N-methyl/N-ethyl adjacent to an activating group) is 2. The zero-order valence-corrected chi connectivity index (χ0v) is 22.0. The molecule has 37 heavy (non-hydrogen) atoms. The number of rotatable bonds is 9. The van der Waals surface area contributed by atoms with Gasteiger partial charge in [0.1, 0.15) is 5.75 Å². The lowest BCUT2D eigenvalue weighted by atomic mass is 10.1. The minimum atomic E-state index is -0.401. The summed E-state index contributed by atoms with van der Waals surface area (Å²) in [5.74, 6) is 0.262. The predicted molar refractivity (Wildman–Crippen MR) is 151 cm³/mol. The summed E-state index contributed by atoms with van der Waals surface area (Å²) >= 11 is 0. The molecule has 2 aromatic heterocycles. The maximum Gasteiger partial charge on any atom is 0.257 e. The number of carbonyl (C=O) groups is 1. The largest absolute Gasteiger partial charge is 0.494 e. The van der Waals surface area contributed by atoms with E-state index in [1.165, 1.54) is 11.0 Å². The van der Waals surface area contributed by atoms with E-state index in [0.29, 0.717) is 22.8 Å². The summed E-state index contributed by atoms with van der Waals surface area (Å²) in [7, 11) is 9.56. The van der Waals surface area contributed by atoms with Gasteiger partial charge in [-0.15, -0.1) is 0 Å². The van der Waals surface area contributed by atoms with Crippen LogP contribution in [0.25, 0.3) is 22.2 Å². The first-order valence-corrected chi connectivity index (χ1v) is 11.9. The number of benzene rings is 2. The van der Waals surface area contributed by atoms with E-state index >= 15 is 0 Å². The van der Waals surface area contributed by atoms with E-state index in [1.54, 1.807) is 19.4 Å². The number of hydrogen-bond acceptors (Lipinski definition) is 7. The number of carbonyl (C=O) groups excluding carboxylic acids is 1. The molecule has 0 aliphatic heterocycles. The fourth-order valence-electron chi connectivity index (χ4n) is 4.28. The lowest BCUT2D eigenvalue weighted by molar-refractivity contribution is -0.113. The predicted octanol–water partition coefficient (Wildman–Crippen LogP) is 4.07. The van der Waals surface area contributed by atoms with Crippen molar-refractivity contribution in [2.75, 3.05) is 56.9 Å². The van der Waals surface area contributed by atoms with Crippen molar-refractivity contribution in [3.05, 3.63) is 67.5 Å². The van der Waals surface area contributed by atoms with Gasteiger partial charge < -0.3 is 24.8 Å². The molecule has 4 aromatic rings. The van der Waals surface area contributed by atoms with Crippen molar-refractivity contribution >= 4 is 39.8 Å². The van der Waals surface area contributed by atoms with Gasteiger partial charge in [0.25, 0.3) is 5.91 Å². The summed E-state index contributed by atoms with van der Waals surface area (Å²) in [4.78, 5) is 27.9. The van der Waals surface area contributed by atoms with E-state index in [0.717, 1.165) is 35.2 Å². The molecule has 0 radical (unpaired) electrons. The Morgan fingerprint density at radius 1 is 1.14 bits per heavy atom. The van der Waals surface area contributed by atoms with Gasteiger partial charge in [0.05, 0.1) is 29.9 Å². The highest BCUT2D eigenvalue weighted by Gasteiger charge is 2.25. The molecule has 2 heterocycles. The van der Waals surface area contributed by atoms with E-state index in [9.17, 15) is 4.79 Å². The number of hydrogen-bond donors (Lipinski definition) is 1. The second-order valence-corrected chi connectivity index (χ2v) is 9.10. The van der Waals surface area contributed by atoms with Crippen LogP contribution >= 0.6 is 0 Å². The average Bonchev–Trinajstić information content (AvgIpc) is 3.24. The fourth-order valence-corrected chi connectivity index (χ4v) is 4.28. The highest BCUT2D eigenvalue weighted by atomic mass is 16.5. The minimum absolute atomic E-state index is 0.196. The standard InChI is InChI=1S/C28H33N7O2/c1-7-27(36)35(25-16-21(29)24(17-26(25)37-6)33(4)15-14-32(2)3)28-30-13-12-22(31-28)20-18-34(5)23-11-9-8-10-19(20)23/h7-13,16-18H,1,14-15,29H2,2-6H3. The fraction of sp³-hybridized carbons (Fsp3) is 0.250. The van der Waals surface area contributed by atoms with Crippen molar-refractivity contribution < 1.29 is 9.53 Å². The van der Waals surface area contributed by atoms with E-state index in [-0.39, 0.29) is 5.95 Å². The smallest absolute Gasteiger partial charge is 0.257 e. The zero-order chi connectivity index (χ0) is 26.7. The second kappa shape index (κ2) is 10.7. The molecule has 0 atom stereocenters. The maximum atomic E-state index is 13.2. The van der Waals surface area contributed by atoms with Crippen LogP contribution in [0.2, 0.25) is 0 Å². The first kappa shape index (κ1) is 25.7. The van der Waals surface area contributed by atoms with Gasteiger partial charge in [-0.1, -0.05) is 24.8 Å². The Bertz CT molecular complexity index is 1440. The number of aromatic nitrogens is 3. The summed E-state index contributed by atoms with van der Waals surface area (Å²) in [6.45, 7) is 5.31. The van der Waals surface area contributed by atoms with Gasteiger partial charge in [-0.3, -0.25) is 4.79 Å². The molecule has 0 aliphatic carbocycles. The molecule has 0 unspecified atom stereocenters. The average molecular weight is 500 g/mol. The van der Waals surface area contributed by atoms with E-state index in [4.69, 9.17) is 15.5 Å². The van der Waals surface area contributed by atoms with Crippen LogP contribution in [0.15, 0.2) is 67.5 Å². The highest BCUT2D eigenvalue weighted by molar-refractivity contribution is 6.07. The van der Waals surface area contributed by atoms with Crippen LogP contribution in [0.1, 0.15) is 0 Å². The Balaban J connectivity index is 1.81. The topological polar surface area (TPSA) is 92.8 Å². The lowest BCUT2D eigenvalue weighted by Gasteiger charge is -2.27. The molecule has 0 aliphatic rings. The van der Waals surface area contributed by atoms with Crippen molar-refractivity contribution in [1.29, 1.82) is 0 Å². The van der Waals surface area contributed by atoms with Crippen LogP contribution in [-0.4, -0.2) is 66.7 Å². The zero-order valence-electron chi connectivity index (χ0n) is 22.0. The van der Waals surface area contributed by atoms with Gasteiger partial charge >= 0.3 is 0 Å². The summed E-state index contributed by atoms with van der Waals surface area (Å²) < 4.78 is 7.76. The molecule has 0 spiro atoms. The number of methoxy groups -OCH3 is 1. The SMILES string of the molecule is C=CC(=O)N(c1nccc(-c2cn(C)c3ccccc23)n1)c1cc(N)c(N(C)CCN(C)C)cc1OC. The Morgan fingerprint density at radius 3 is 2.59 bits per heavy atom.